The number of amides is 1. The molecule has 1 N–H and O–H groups in total. The number of rotatable bonds is 7. The molecule has 0 aliphatic heterocycles. The van der Waals surface area contributed by atoms with E-state index in [0.29, 0.717) is 41.9 Å². The fourth-order valence-corrected chi connectivity index (χ4v) is 2.38. The molecule has 0 spiro atoms. The summed E-state index contributed by atoms with van der Waals surface area (Å²) in [6.45, 7) is 0.573. The van der Waals surface area contributed by atoms with Gasteiger partial charge in [-0.1, -0.05) is 29.8 Å². The lowest BCUT2D eigenvalue weighted by Gasteiger charge is -2.04. The molecule has 0 aliphatic carbocycles. The number of carbonyl (C=O) groups is 1. The van der Waals surface area contributed by atoms with Gasteiger partial charge in [-0.25, -0.2) is 0 Å². The van der Waals surface area contributed by atoms with Crippen LogP contribution in [-0.2, 0) is 17.6 Å². The quantitative estimate of drug-likeness (QED) is 0.703. The maximum Gasteiger partial charge on any atom is 0.266 e. The lowest BCUT2D eigenvalue weighted by Crippen LogP contribution is -2.25. The molecule has 0 saturated carbocycles. The molecule has 25 heavy (non-hydrogen) atoms. The first kappa shape index (κ1) is 17.1. The Balaban J connectivity index is 1.42. The number of aryl methyl sites for hydroxylation is 1. The van der Waals surface area contributed by atoms with E-state index >= 15 is 0 Å². The highest BCUT2D eigenvalue weighted by Gasteiger charge is 2.11. The molecule has 7 heteroatoms. The molecular formula is C18H17ClN4O2. The second-order valence-corrected chi connectivity index (χ2v) is 5.88. The summed E-state index contributed by atoms with van der Waals surface area (Å²) in [5.41, 5.74) is 1.75. The van der Waals surface area contributed by atoms with Gasteiger partial charge in [0.25, 0.3) is 5.89 Å². The average Bonchev–Trinajstić information content (AvgIpc) is 3.11. The Bertz CT molecular complexity index is 819. The highest BCUT2D eigenvalue weighted by atomic mass is 35.5. The molecule has 128 valence electrons. The smallest absolute Gasteiger partial charge is 0.266 e. The number of halogens is 1. The van der Waals surface area contributed by atoms with Crippen molar-refractivity contribution < 1.29 is 9.21 Å². The van der Waals surface area contributed by atoms with Gasteiger partial charge in [-0.3, -0.25) is 9.78 Å². The van der Waals surface area contributed by atoms with Crippen molar-refractivity contribution in [3.05, 3.63) is 65.1 Å². The van der Waals surface area contributed by atoms with E-state index in [4.69, 9.17) is 16.0 Å². The molecule has 6 nitrogen and oxygen atoms in total. The van der Waals surface area contributed by atoms with Gasteiger partial charge in [-0.15, -0.1) is 10.2 Å². The van der Waals surface area contributed by atoms with Gasteiger partial charge in [0.15, 0.2) is 0 Å². The molecule has 0 saturated heterocycles. The maximum atomic E-state index is 11.9. The van der Waals surface area contributed by atoms with E-state index in [1.165, 1.54) is 0 Å². The summed E-state index contributed by atoms with van der Waals surface area (Å²) in [6.07, 6.45) is 3.11. The van der Waals surface area contributed by atoms with Crippen LogP contribution < -0.4 is 5.32 Å². The lowest BCUT2D eigenvalue weighted by atomic mass is 10.1. The normalized spacial score (nSPS) is 10.6. The summed E-state index contributed by atoms with van der Waals surface area (Å²) in [6, 6.07) is 13.0. The van der Waals surface area contributed by atoms with Gasteiger partial charge in [0.2, 0.25) is 11.8 Å². The minimum Gasteiger partial charge on any atom is -0.419 e. The van der Waals surface area contributed by atoms with Crippen molar-refractivity contribution >= 4 is 17.5 Å². The van der Waals surface area contributed by atoms with Crippen LogP contribution in [0.25, 0.3) is 11.6 Å². The Hall–Kier alpha value is -2.73. The minimum absolute atomic E-state index is 0.0495. The topological polar surface area (TPSA) is 80.9 Å². The van der Waals surface area contributed by atoms with Crippen LogP contribution in [-0.4, -0.2) is 27.6 Å². The van der Waals surface area contributed by atoms with E-state index in [2.05, 4.69) is 20.5 Å². The van der Waals surface area contributed by atoms with Gasteiger partial charge in [0.1, 0.15) is 5.69 Å². The Morgan fingerprint density at radius 1 is 1.08 bits per heavy atom. The second-order valence-electron chi connectivity index (χ2n) is 5.44. The van der Waals surface area contributed by atoms with Crippen LogP contribution >= 0.6 is 11.6 Å². The van der Waals surface area contributed by atoms with Gasteiger partial charge in [-0.2, -0.15) is 0 Å². The molecule has 0 bridgehead atoms. The number of pyridine rings is 1. The van der Waals surface area contributed by atoms with Crippen LogP contribution in [0.1, 0.15) is 17.9 Å². The van der Waals surface area contributed by atoms with Crippen LogP contribution in [0.2, 0.25) is 5.02 Å². The standard InChI is InChI=1S/C18H17ClN4O2/c19-14-6-4-13(5-7-14)10-12-21-16(24)8-9-17-22-23-18(25-17)15-3-1-2-11-20-15/h1-7,11H,8-10,12H2,(H,21,24). The molecule has 1 amide bonds. The van der Waals surface area contributed by atoms with Crippen molar-refractivity contribution in [3.63, 3.8) is 0 Å². The van der Waals surface area contributed by atoms with Gasteiger partial charge in [0, 0.05) is 30.6 Å². The number of nitrogens with one attached hydrogen (secondary N) is 1. The van der Waals surface area contributed by atoms with Gasteiger partial charge < -0.3 is 9.73 Å². The summed E-state index contributed by atoms with van der Waals surface area (Å²) in [7, 11) is 0. The van der Waals surface area contributed by atoms with Crippen molar-refractivity contribution in [3.8, 4) is 11.6 Å². The number of nitrogens with zero attached hydrogens (tertiary/aromatic N) is 3. The summed E-state index contributed by atoms with van der Waals surface area (Å²) >= 11 is 5.84. The van der Waals surface area contributed by atoms with E-state index in [-0.39, 0.29) is 5.91 Å². The zero-order chi connectivity index (χ0) is 17.5. The van der Waals surface area contributed by atoms with Crippen molar-refractivity contribution in [2.75, 3.05) is 6.54 Å². The molecule has 0 unspecified atom stereocenters. The minimum atomic E-state index is -0.0495. The largest absolute Gasteiger partial charge is 0.419 e. The molecule has 0 atom stereocenters. The van der Waals surface area contributed by atoms with Crippen molar-refractivity contribution in [2.24, 2.45) is 0 Å². The predicted molar refractivity (Wildman–Crippen MR) is 94.0 cm³/mol. The van der Waals surface area contributed by atoms with Gasteiger partial charge in [-0.05, 0) is 36.2 Å². The Morgan fingerprint density at radius 3 is 2.68 bits per heavy atom. The molecule has 2 heterocycles. The van der Waals surface area contributed by atoms with Crippen LogP contribution in [0.15, 0.2) is 53.1 Å². The summed E-state index contributed by atoms with van der Waals surface area (Å²) < 4.78 is 5.53. The maximum absolute atomic E-state index is 11.9. The van der Waals surface area contributed by atoms with Crippen LogP contribution in [0.5, 0.6) is 0 Å². The summed E-state index contributed by atoms with van der Waals surface area (Å²) in [5, 5.41) is 11.5. The average molecular weight is 357 g/mol. The molecule has 3 aromatic rings. The SMILES string of the molecule is O=C(CCc1nnc(-c2ccccn2)o1)NCCc1ccc(Cl)cc1. The third kappa shape index (κ3) is 5.12. The van der Waals surface area contributed by atoms with E-state index in [1.807, 2.05) is 36.4 Å². The fourth-order valence-electron chi connectivity index (χ4n) is 2.25. The van der Waals surface area contributed by atoms with Gasteiger partial charge in [0.05, 0.1) is 0 Å². The molecule has 0 radical (unpaired) electrons. The molecular weight excluding hydrogens is 340 g/mol. The Kier molecular flexibility index (Phi) is 5.74. The number of benzene rings is 1. The van der Waals surface area contributed by atoms with E-state index in [0.717, 1.165) is 12.0 Å². The monoisotopic (exact) mass is 356 g/mol. The number of aromatic nitrogens is 3. The summed E-state index contributed by atoms with van der Waals surface area (Å²) in [4.78, 5) is 16.1. The molecule has 0 aliphatic rings. The third-order valence-electron chi connectivity index (χ3n) is 3.57. The molecule has 1 aromatic carbocycles. The van der Waals surface area contributed by atoms with E-state index in [1.54, 1.807) is 12.3 Å². The van der Waals surface area contributed by atoms with Crippen LogP contribution in [0.4, 0.5) is 0 Å². The molecule has 0 fully saturated rings. The highest BCUT2D eigenvalue weighted by Crippen LogP contribution is 2.15. The predicted octanol–water partition coefficient (Wildman–Crippen LogP) is 3.08. The second kappa shape index (κ2) is 8.39. The number of carbonyl (C=O) groups excluding carboxylic acids is 1. The van der Waals surface area contributed by atoms with Gasteiger partial charge >= 0.3 is 0 Å². The van der Waals surface area contributed by atoms with Crippen molar-refractivity contribution in [2.45, 2.75) is 19.3 Å². The first-order chi connectivity index (χ1) is 12.2. The van der Waals surface area contributed by atoms with Crippen molar-refractivity contribution in [1.82, 2.24) is 20.5 Å². The van der Waals surface area contributed by atoms with E-state index in [9.17, 15) is 4.79 Å². The molecule has 2 aromatic heterocycles. The zero-order valence-corrected chi connectivity index (χ0v) is 14.2. The lowest BCUT2D eigenvalue weighted by molar-refractivity contribution is -0.121. The van der Waals surface area contributed by atoms with E-state index < -0.39 is 0 Å². The zero-order valence-electron chi connectivity index (χ0n) is 13.5. The first-order valence-electron chi connectivity index (χ1n) is 7.95. The number of hydrogen-bond donors (Lipinski definition) is 1. The first-order valence-corrected chi connectivity index (χ1v) is 8.33. The van der Waals surface area contributed by atoms with Crippen molar-refractivity contribution in [1.29, 1.82) is 0 Å². The third-order valence-corrected chi connectivity index (χ3v) is 3.82. The van der Waals surface area contributed by atoms with Crippen LogP contribution in [0.3, 0.4) is 0 Å². The number of hydrogen-bond acceptors (Lipinski definition) is 5. The Morgan fingerprint density at radius 2 is 1.92 bits per heavy atom. The molecule has 3 rings (SSSR count). The fraction of sp³-hybridized carbons (Fsp3) is 0.222. The highest BCUT2D eigenvalue weighted by molar-refractivity contribution is 6.30. The Labute approximate surface area is 150 Å². The van der Waals surface area contributed by atoms with Crippen LogP contribution in [0, 0.1) is 0 Å². The summed E-state index contributed by atoms with van der Waals surface area (Å²) in [5.74, 6) is 0.735.